The van der Waals surface area contributed by atoms with Crippen molar-refractivity contribution >= 4 is 0 Å². The molecule has 3 heteroatoms. The third-order valence-corrected chi connectivity index (χ3v) is 1.25. The van der Waals surface area contributed by atoms with Crippen molar-refractivity contribution in [1.82, 2.24) is 10.2 Å². The van der Waals surface area contributed by atoms with Crippen LogP contribution in [0.3, 0.4) is 0 Å². The van der Waals surface area contributed by atoms with Crippen LogP contribution in [0.2, 0.25) is 0 Å². The van der Waals surface area contributed by atoms with Crippen LogP contribution in [0.5, 0.6) is 0 Å². The van der Waals surface area contributed by atoms with Gasteiger partial charge in [0.15, 0.2) is 0 Å². The first kappa shape index (κ1) is 9.46. The van der Waals surface area contributed by atoms with Gasteiger partial charge in [0.2, 0.25) is 0 Å². The van der Waals surface area contributed by atoms with Crippen molar-refractivity contribution in [3.05, 3.63) is 12.8 Å². The lowest BCUT2D eigenvalue weighted by Gasteiger charge is -2.15. The van der Waals surface area contributed by atoms with E-state index in [-0.39, 0.29) is 0 Å². The Labute approximate surface area is 62.9 Å². The van der Waals surface area contributed by atoms with Crippen LogP contribution < -0.4 is 11.1 Å². The Morgan fingerprint density at radius 3 is 2.90 bits per heavy atom. The van der Waals surface area contributed by atoms with Crippen molar-refractivity contribution in [2.24, 2.45) is 5.73 Å². The minimum atomic E-state index is 0.762. The minimum Gasteiger partial charge on any atom is -0.379 e. The van der Waals surface area contributed by atoms with E-state index in [0.29, 0.717) is 0 Å². The van der Waals surface area contributed by atoms with Gasteiger partial charge in [-0.05, 0) is 26.2 Å². The van der Waals surface area contributed by atoms with E-state index < -0.39 is 0 Å². The monoisotopic (exact) mass is 143 g/mol. The number of nitrogens with one attached hydrogen (secondary N) is 1. The topological polar surface area (TPSA) is 41.3 Å². The molecule has 0 saturated heterocycles. The van der Waals surface area contributed by atoms with E-state index in [1.54, 1.807) is 6.20 Å². The lowest BCUT2D eigenvalue weighted by molar-refractivity contribution is 0.320. The fraction of sp³-hybridized carbons (Fsp3) is 0.714. The Hall–Kier alpha value is -0.540. The molecule has 0 aliphatic heterocycles. The average Bonchev–Trinajstić information content (AvgIpc) is 1.97. The lowest BCUT2D eigenvalue weighted by Crippen LogP contribution is -2.29. The Morgan fingerprint density at radius 2 is 2.40 bits per heavy atom. The SMILES string of the molecule is C=CNCN(C)CCCN. The molecule has 3 N–H and O–H groups in total. The molecular weight excluding hydrogens is 126 g/mol. The fourth-order valence-electron chi connectivity index (χ4n) is 0.661. The molecule has 0 atom stereocenters. The summed E-state index contributed by atoms with van der Waals surface area (Å²) < 4.78 is 0. The fourth-order valence-corrected chi connectivity index (χ4v) is 0.661. The summed E-state index contributed by atoms with van der Waals surface area (Å²) in [6.45, 7) is 6.20. The van der Waals surface area contributed by atoms with Crippen LogP contribution in [-0.4, -0.2) is 31.7 Å². The van der Waals surface area contributed by atoms with E-state index >= 15 is 0 Å². The Balaban J connectivity index is 3.07. The minimum absolute atomic E-state index is 0.762. The predicted octanol–water partition coefficient (Wildman–Crippen LogP) is -0.0424. The van der Waals surface area contributed by atoms with Crippen LogP contribution in [0, 0.1) is 0 Å². The highest BCUT2D eigenvalue weighted by Crippen LogP contribution is 1.81. The standard InChI is InChI=1S/C7H17N3/c1-3-9-7-10(2)6-4-5-8/h3,9H,1,4-8H2,2H3. The predicted molar refractivity (Wildman–Crippen MR) is 44.5 cm³/mol. The van der Waals surface area contributed by atoms with E-state index in [4.69, 9.17) is 5.73 Å². The van der Waals surface area contributed by atoms with Crippen LogP contribution in [0.1, 0.15) is 6.42 Å². The van der Waals surface area contributed by atoms with Crippen molar-refractivity contribution in [3.63, 3.8) is 0 Å². The first-order valence-electron chi connectivity index (χ1n) is 3.54. The molecule has 0 fully saturated rings. The van der Waals surface area contributed by atoms with E-state index in [2.05, 4.69) is 16.8 Å². The highest BCUT2D eigenvalue weighted by atomic mass is 15.2. The molecule has 0 aromatic heterocycles. The molecule has 0 aromatic rings. The van der Waals surface area contributed by atoms with Crippen molar-refractivity contribution in [2.75, 3.05) is 26.8 Å². The average molecular weight is 143 g/mol. The van der Waals surface area contributed by atoms with Crippen LogP contribution in [0.4, 0.5) is 0 Å². The molecule has 0 bridgehead atoms. The van der Waals surface area contributed by atoms with E-state index in [0.717, 1.165) is 26.2 Å². The molecule has 0 saturated carbocycles. The van der Waals surface area contributed by atoms with Gasteiger partial charge in [-0.25, -0.2) is 0 Å². The summed E-state index contributed by atoms with van der Waals surface area (Å²) >= 11 is 0. The van der Waals surface area contributed by atoms with Crippen LogP contribution in [0.25, 0.3) is 0 Å². The van der Waals surface area contributed by atoms with Crippen LogP contribution in [0.15, 0.2) is 12.8 Å². The molecule has 0 aliphatic rings. The van der Waals surface area contributed by atoms with Crippen LogP contribution in [-0.2, 0) is 0 Å². The summed E-state index contributed by atoms with van der Waals surface area (Å²) in [4.78, 5) is 2.16. The maximum atomic E-state index is 5.34. The quantitative estimate of drug-likeness (QED) is 0.513. The van der Waals surface area contributed by atoms with E-state index in [9.17, 15) is 0 Å². The summed E-state index contributed by atoms with van der Waals surface area (Å²) in [5.41, 5.74) is 5.34. The second-order valence-corrected chi connectivity index (χ2v) is 2.29. The molecule has 0 aromatic carbocycles. The summed E-state index contributed by atoms with van der Waals surface area (Å²) in [6, 6.07) is 0. The largest absolute Gasteiger partial charge is 0.379 e. The van der Waals surface area contributed by atoms with Crippen molar-refractivity contribution in [2.45, 2.75) is 6.42 Å². The first-order chi connectivity index (χ1) is 4.81. The van der Waals surface area contributed by atoms with Gasteiger partial charge in [0.1, 0.15) is 0 Å². The summed E-state index contributed by atoms with van der Waals surface area (Å²) in [7, 11) is 2.05. The summed E-state index contributed by atoms with van der Waals surface area (Å²) in [5.74, 6) is 0. The van der Waals surface area contributed by atoms with Gasteiger partial charge in [0.05, 0.1) is 6.67 Å². The first-order valence-corrected chi connectivity index (χ1v) is 3.54. The van der Waals surface area contributed by atoms with Gasteiger partial charge in [-0.3, -0.25) is 4.90 Å². The normalized spacial score (nSPS) is 9.90. The number of nitrogens with two attached hydrogens (primary N) is 1. The van der Waals surface area contributed by atoms with Crippen molar-refractivity contribution < 1.29 is 0 Å². The number of hydrogen-bond donors (Lipinski definition) is 2. The van der Waals surface area contributed by atoms with Crippen LogP contribution >= 0.6 is 0 Å². The zero-order valence-corrected chi connectivity index (χ0v) is 6.64. The zero-order chi connectivity index (χ0) is 7.82. The molecule has 0 amide bonds. The third kappa shape index (κ3) is 5.59. The number of hydrogen-bond acceptors (Lipinski definition) is 3. The molecule has 3 nitrogen and oxygen atoms in total. The molecule has 0 radical (unpaired) electrons. The third-order valence-electron chi connectivity index (χ3n) is 1.25. The van der Waals surface area contributed by atoms with Gasteiger partial charge in [0.25, 0.3) is 0 Å². The van der Waals surface area contributed by atoms with Gasteiger partial charge < -0.3 is 11.1 Å². The number of nitrogens with zero attached hydrogens (tertiary/aromatic N) is 1. The maximum Gasteiger partial charge on any atom is 0.0670 e. The van der Waals surface area contributed by atoms with Gasteiger partial charge in [-0.2, -0.15) is 0 Å². The maximum absolute atomic E-state index is 5.34. The van der Waals surface area contributed by atoms with E-state index in [1.807, 2.05) is 7.05 Å². The molecule has 0 rings (SSSR count). The van der Waals surface area contributed by atoms with Crippen molar-refractivity contribution in [3.8, 4) is 0 Å². The summed E-state index contributed by atoms with van der Waals surface area (Å²) in [6.07, 6.45) is 2.74. The Kier molecular flexibility index (Phi) is 6.22. The Bertz CT molecular complexity index is 82.9. The molecule has 60 valence electrons. The van der Waals surface area contributed by atoms with Gasteiger partial charge in [-0.1, -0.05) is 6.58 Å². The highest BCUT2D eigenvalue weighted by Gasteiger charge is 1.92. The van der Waals surface area contributed by atoms with Gasteiger partial charge in [-0.15, -0.1) is 0 Å². The van der Waals surface area contributed by atoms with Gasteiger partial charge >= 0.3 is 0 Å². The highest BCUT2D eigenvalue weighted by molar-refractivity contribution is 4.62. The smallest absolute Gasteiger partial charge is 0.0670 e. The number of rotatable bonds is 6. The molecule has 0 aliphatic carbocycles. The Morgan fingerprint density at radius 1 is 1.70 bits per heavy atom. The lowest BCUT2D eigenvalue weighted by atomic mass is 10.4. The second kappa shape index (κ2) is 6.58. The van der Waals surface area contributed by atoms with Gasteiger partial charge in [0, 0.05) is 6.54 Å². The molecule has 0 spiro atoms. The molecule has 0 heterocycles. The molecule has 10 heavy (non-hydrogen) atoms. The second-order valence-electron chi connectivity index (χ2n) is 2.29. The molecule has 0 unspecified atom stereocenters. The van der Waals surface area contributed by atoms with E-state index in [1.165, 1.54) is 0 Å². The summed E-state index contributed by atoms with van der Waals surface area (Å²) in [5, 5.41) is 3.01. The molecular formula is C7H17N3. The van der Waals surface area contributed by atoms with Crippen molar-refractivity contribution in [1.29, 1.82) is 0 Å². The zero-order valence-electron chi connectivity index (χ0n) is 6.64.